The molecule has 3 aromatic rings. The normalized spacial score (nSPS) is 20.3. The highest BCUT2D eigenvalue weighted by Crippen LogP contribution is 2.45. The zero-order valence-electron chi connectivity index (χ0n) is 17.1. The predicted octanol–water partition coefficient (Wildman–Crippen LogP) is 2.01. The highest BCUT2D eigenvalue weighted by atomic mass is 32.2. The van der Waals surface area contributed by atoms with E-state index < -0.39 is 23.3 Å². The Kier molecular flexibility index (Phi) is 4.34. The quantitative estimate of drug-likeness (QED) is 0.617. The van der Waals surface area contributed by atoms with Crippen molar-refractivity contribution >= 4 is 40.1 Å². The molecule has 3 heterocycles. The van der Waals surface area contributed by atoms with Crippen molar-refractivity contribution < 1.29 is 14.0 Å². The lowest BCUT2D eigenvalue weighted by molar-refractivity contribution is -0.127. The van der Waals surface area contributed by atoms with Crippen LogP contribution in [0.15, 0.2) is 82.9 Å². The van der Waals surface area contributed by atoms with E-state index in [9.17, 15) is 14.0 Å². The van der Waals surface area contributed by atoms with Crippen LogP contribution in [0.4, 0.5) is 10.1 Å². The molecule has 0 aliphatic carbocycles. The number of rotatable bonds is 2. The molecule has 2 N–H and O–H groups in total. The number of thioether (sulfide) groups is 1. The molecule has 0 bridgehead atoms. The Labute approximate surface area is 191 Å². The van der Waals surface area contributed by atoms with Crippen LogP contribution in [-0.4, -0.2) is 22.0 Å². The molecular weight excluding hydrogens is 441 g/mol. The third-order valence-electron chi connectivity index (χ3n) is 5.73. The van der Waals surface area contributed by atoms with Crippen molar-refractivity contribution in [2.24, 2.45) is 10.1 Å². The monoisotopic (exact) mass is 457 g/mol. The zero-order chi connectivity index (χ0) is 22.6. The standard InChI is InChI=1S/C24H16FN5O2S/c25-15-10-11-19-17(12-15)24(22(32)26-19)28-18-9-5-4-8-16(18)20-21(31)27-23(29-30(20)24)33-13-14-6-2-1-3-7-14/h1-12H,13H2,(H,26,32)(H,27,29,31). The zero-order valence-corrected chi connectivity index (χ0v) is 17.9. The summed E-state index contributed by atoms with van der Waals surface area (Å²) in [6.07, 6.45) is 0. The van der Waals surface area contributed by atoms with Crippen LogP contribution in [-0.2, 0) is 21.0 Å². The lowest BCUT2D eigenvalue weighted by Gasteiger charge is -2.39. The number of anilines is 1. The molecule has 33 heavy (non-hydrogen) atoms. The summed E-state index contributed by atoms with van der Waals surface area (Å²) in [5, 5.41) is 12.9. The first-order chi connectivity index (χ1) is 16.1. The molecule has 0 fully saturated rings. The van der Waals surface area contributed by atoms with Gasteiger partial charge >= 0.3 is 0 Å². The van der Waals surface area contributed by atoms with E-state index in [-0.39, 0.29) is 5.70 Å². The molecule has 3 aromatic carbocycles. The lowest BCUT2D eigenvalue weighted by Crippen LogP contribution is -2.59. The van der Waals surface area contributed by atoms with E-state index in [1.54, 1.807) is 24.3 Å². The Bertz CT molecular complexity index is 1490. The average Bonchev–Trinajstić information content (AvgIpc) is 3.09. The van der Waals surface area contributed by atoms with Gasteiger partial charge in [-0.2, -0.15) is 0 Å². The molecule has 0 saturated carbocycles. The molecule has 2 amide bonds. The minimum absolute atomic E-state index is 0.192. The van der Waals surface area contributed by atoms with Crippen molar-refractivity contribution in [3.63, 3.8) is 0 Å². The predicted molar refractivity (Wildman–Crippen MR) is 122 cm³/mol. The van der Waals surface area contributed by atoms with Crippen LogP contribution < -0.4 is 21.2 Å². The SMILES string of the molecule is O=C1NC(SCc2ccccc2)=NN2C1=c1ccccc1=NC21C(=O)Nc2ccc(F)cc21. The summed E-state index contributed by atoms with van der Waals surface area (Å²) in [5.41, 5.74) is 0.270. The second-order valence-corrected chi connectivity index (χ2v) is 8.70. The Hall–Kier alpha value is -3.98. The van der Waals surface area contributed by atoms with Crippen molar-refractivity contribution in [2.45, 2.75) is 11.4 Å². The fourth-order valence-electron chi connectivity index (χ4n) is 4.24. The van der Waals surface area contributed by atoms with Gasteiger partial charge in [-0.25, -0.2) is 14.4 Å². The first-order valence-corrected chi connectivity index (χ1v) is 11.2. The highest BCUT2D eigenvalue weighted by Gasteiger charge is 2.56. The number of para-hydroxylation sites is 1. The molecule has 6 rings (SSSR count). The molecule has 7 nitrogen and oxygen atoms in total. The van der Waals surface area contributed by atoms with Gasteiger partial charge in [-0.3, -0.25) is 14.9 Å². The molecule has 1 unspecified atom stereocenters. The van der Waals surface area contributed by atoms with Gasteiger partial charge in [-0.15, -0.1) is 5.10 Å². The summed E-state index contributed by atoms with van der Waals surface area (Å²) < 4.78 is 14.3. The minimum atomic E-state index is -1.72. The van der Waals surface area contributed by atoms with Crippen LogP contribution in [0.3, 0.4) is 0 Å². The van der Waals surface area contributed by atoms with E-state index in [4.69, 9.17) is 4.99 Å². The van der Waals surface area contributed by atoms with Gasteiger partial charge in [-0.05, 0) is 29.8 Å². The fraction of sp³-hybridized carbons (Fsp3) is 0.0833. The Balaban J connectivity index is 1.55. The maximum Gasteiger partial charge on any atom is 0.279 e. The molecule has 1 spiro atoms. The lowest BCUT2D eigenvalue weighted by atomic mass is 9.97. The van der Waals surface area contributed by atoms with Gasteiger partial charge < -0.3 is 5.32 Å². The number of amides is 2. The van der Waals surface area contributed by atoms with E-state index in [2.05, 4.69) is 15.7 Å². The van der Waals surface area contributed by atoms with Crippen LogP contribution in [0.25, 0.3) is 5.70 Å². The number of fused-ring (bicyclic) bond motifs is 5. The van der Waals surface area contributed by atoms with Gasteiger partial charge in [0.25, 0.3) is 17.5 Å². The second kappa shape index (κ2) is 7.28. The number of hydrogen-bond acceptors (Lipinski definition) is 6. The summed E-state index contributed by atoms with van der Waals surface area (Å²) in [7, 11) is 0. The number of carbonyl (C=O) groups excluding carboxylic acids is 2. The van der Waals surface area contributed by atoms with Gasteiger partial charge in [0.2, 0.25) is 0 Å². The van der Waals surface area contributed by atoms with Gasteiger partial charge in [0.05, 0.1) is 5.36 Å². The Morgan fingerprint density at radius 2 is 1.76 bits per heavy atom. The molecule has 9 heteroatoms. The number of nitrogens with one attached hydrogen (secondary N) is 2. The Morgan fingerprint density at radius 1 is 0.970 bits per heavy atom. The van der Waals surface area contributed by atoms with Gasteiger partial charge in [-0.1, -0.05) is 60.3 Å². The maximum atomic E-state index is 14.3. The molecular formula is C24H16FN5O2S. The summed E-state index contributed by atoms with van der Waals surface area (Å²) >= 11 is 1.33. The second-order valence-electron chi connectivity index (χ2n) is 7.74. The van der Waals surface area contributed by atoms with Crippen LogP contribution >= 0.6 is 11.8 Å². The van der Waals surface area contributed by atoms with Crippen molar-refractivity contribution in [3.8, 4) is 0 Å². The maximum absolute atomic E-state index is 14.3. The number of hydrogen-bond donors (Lipinski definition) is 2. The van der Waals surface area contributed by atoms with E-state index in [1.807, 2.05) is 30.3 Å². The van der Waals surface area contributed by atoms with Crippen LogP contribution in [0.5, 0.6) is 0 Å². The van der Waals surface area contributed by atoms with Crippen LogP contribution in [0, 0.1) is 5.82 Å². The first kappa shape index (κ1) is 19.7. The highest BCUT2D eigenvalue weighted by molar-refractivity contribution is 8.13. The van der Waals surface area contributed by atoms with E-state index in [0.29, 0.717) is 32.7 Å². The smallest absolute Gasteiger partial charge is 0.279 e. The number of nitrogens with zero attached hydrogens (tertiary/aromatic N) is 3. The van der Waals surface area contributed by atoms with E-state index >= 15 is 0 Å². The number of amidine groups is 1. The number of benzene rings is 3. The number of carbonyl (C=O) groups is 2. The van der Waals surface area contributed by atoms with Gasteiger partial charge in [0.1, 0.15) is 11.5 Å². The summed E-state index contributed by atoms with van der Waals surface area (Å²) in [4.78, 5) is 31.4. The molecule has 3 aliphatic heterocycles. The van der Waals surface area contributed by atoms with Crippen molar-refractivity contribution in [2.75, 3.05) is 5.32 Å². The Morgan fingerprint density at radius 3 is 2.61 bits per heavy atom. The topological polar surface area (TPSA) is 86.2 Å². The van der Waals surface area contributed by atoms with Crippen molar-refractivity contribution in [1.82, 2.24) is 10.3 Å². The molecule has 0 aromatic heterocycles. The van der Waals surface area contributed by atoms with Crippen LogP contribution in [0.1, 0.15) is 11.1 Å². The van der Waals surface area contributed by atoms with E-state index in [0.717, 1.165) is 5.56 Å². The summed E-state index contributed by atoms with van der Waals surface area (Å²) in [6, 6.07) is 20.8. The number of hydrazone groups is 1. The van der Waals surface area contributed by atoms with Gasteiger partial charge in [0.15, 0.2) is 5.17 Å². The van der Waals surface area contributed by atoms with Gasteiger partial charge in [0, 0.05) is 22.2 Å². The third-order valence-corrected chi connectivity index (χ3v) is 6.66. The minimum Gasteiger partial charge on any atom is -0.321 e. The summed E-state index contributed by atoms with van der Waals surface area (Å²) in [6.45, 7) is 0. The third kappa shape index (κ3) is 2.96. The van der Waals surface area contributed by atoms with Crippen molar-refractivity contribution in [1.29, 1.82) is 0 Å². The molecule has 1 atom stereocenters. The molecule has 0 saturated heterocycles. The summed E-state index contributed by atoms with van der Waals surface area (Å²) in [5.74, 6) is -0.841. The fourth-order valence-corrected chi connectivity index (χ4v) is 5.04. The van der Waals surface area contributed by atoms with Crippen LogP contribution in [0.2, 0.25) is 0 Å². The molecule has 162 valence electrons. The molecule has 3 aliphatic rings. The average molecular weight is 457 g/mol. The largest absolute Gasteiger partial charge is 0.321 e. The van der Waals surface area contributed by atoms with Crippen molar-refractivity contribution in [3.05, 3.63) is 100 Å². The number of halogens is 1. The molecule has 0 radical (unpaired) electrons. The first-order valence-electron chi connectivity index (χ1n) is 10.2. The van der Waals surface area contributed by atoms with E-state index in [1.165, 1.54) is 35.0 Å².